The van der Waals surface area contributed by atoms with Crippen LogP contribution in [0.2, 0.25) is 0 Å². The van der Waals surface area contributed by atoms with Crippen molar-refractivity contribution < 1.29 is 4.79 Å². The van der Waals surface area contributed by atoms with Crippen molar-refractivity contribution in [3.8, 4) is 0 Å². The number of carbonyl (C=O) groups excluding carboxylic acids is 1. The van der Waals surface area contributed by atoms with Gasteiger partial charge >= 0.3 is 0 Å². The van der Waals surface area contributed by atoms with Crippen molar-refractivity contribution in [3.05, 3.63) is 40.3 Å². The molecule has 0 spiro atoms. The van der Waals surface area contributed by atoms with E-state index in [-0.39, 0.29) is 5.91 Å². The Labute approximate surface area is 116 Å². The number of hydrazine groups is 1. The average Bonchev–Trinajstić information content (AvgIpc) is 2.60. The van der Waals surface area contributed by atoms with Gasteiger partial charge in [0.1, 0.15) is 0 Å². The summed E-state index contributed by atoms with van der Waals surface area (Å²) in [6.07, 6.45) is 1.87. The highest BCUT2D eigenvalue weighted by Crippen LogP contribution is 2.31. The highest BCUT2D eigenvalue weighted by Gasteiger charge is 2.31. The fourth-order valence-electron chi connectivity index (χ4n) is 1.58. The Balaban J connectivity index is 2.22. The van der Waals surface area contributed by atoms with E-state index in [1.807, 2.05) is 44.2 Å². The topological polar surface area (TPSA) is 32.3 Å². The summed E-state index contributed by atoms with van der Waals surface area (Å²) in [7, 11) is 0. The zero-order valence-corrected chi connectivity index (χ0v) is 11.9. The van der Waals surface area contributed by atoms with Gasteiger partial charge in [0, 0.05) is 6.54 Å². The number of amides is 1. The first-order chi connectivity index (χ1) is 8.61. The number of aryl methyl sites for hydroxylation is 1. The normalized spacial score (nSPS) is 17.9. The van der Waals surface area contributed by atoms with Crippen LogP contribution in [0.15, 0.2) is 29.2 Å². The molecule has 1 aromatic carbocycles. The SMILES string of the molecule is CCNN1C(=O)/C(=C\c2ccc(C)cc2)SC1=S. The van der Waals surface area contributed by atoms with Crippen LogP contribution in [0.25, 0.3) is 6.08 Å². The maximum Gasteiger partial charge on any atom is 0.280 e. The van der Waals surface area contributed by atoms with Gasteiger partial charge in [-0.3, -0.25) is 4.79 Å². The second kappa shape index (κ2) is 5.65. The van der Waals surface area contributed by atoms with Gasteiger partial charge in [-0.1, -0.05) is 60.7 Å². The number of nitrogens with one attached hydrogen (secondary N) is 1. The van der Waals surface area contributed by atoms with E-state index in [2.05, 4.69) is 5.43 Å². The van der Waals surface area contributed by atoms with Crippen LogP contribution < -0.4 is 5.43 Å². The summed E-state index contributed by atoms with van der Waals surface area (Å²) < 4.78 is 0.556. The number of benzene rings is 1. The second-order valence-corrected chi connectivity index (χ2v) is 5.62. The summed E-state index contributed by atoms with van der Waals surface area (Å²) in [6.45, 7) is 4.64. The fourth-order valence-corrected chi connectivity index (χ4v) is 2.79. The van der Waals surface area contributed by atoms with Crippen LogP contribution in [0.1, 0.15) is 18.1 Å². The zero-order chi connectivity index (χ0) is 13.1. The molecule has 1 aliphatic rings. The Bertz CT molecular complexity index is 508. The predicted octanol–water partition coefficient (Wildman–Crippen LogP) is 2.72. The highest BCUT2D eigenvalue weighted by atomic mass is 32.2. The molecule has 1 aliphatic heterocycles. The first-order valence-corrected chi connectivity index (χ1v) is 6.92. The van der Waals surface area contributed by atoms with Crippen molar-refractivity contribution in [2.24, 2.45) is 0 Å². The summed E-state index contributed by atoms with van der Waals surface area (Å²) >= 11 is 6.49. The summed E-state index contributed by atoms with van der Waals surface area (Å²) in [5, 5.41) is 1.43. The highest BCUT2D eigenvalue weighted by molar-refractivity contribution is 8.26. The molecule has 1 saturated heterocycles. The molecule has 1 N–H and O–H groups in total. The van der Waals surface area contributed by atoms with Crippen molar-refractivity contribution in [3.63, 3.8) is 0 Å². The van der Waals surface area contributed by atoms with E-state index in [9.17, 15) is 4.79 Å². The van der Waals surface area contributed by atoms with Gasteiger partial charge < -0.3 is 0 Å². The smallest absolute Gasteiger partial charge is 0.267 e. The number of nitrogens with zero attached hydrogens (tertiary/aromatic N) is 1. The standard InChI is InChI=1S/C13H14N2OS2/c1-3-14-15-12(16)11(18-13(15)17)8-10-6-4-9(2)5-7-10/h4-8,14H,3H2,1-2H3/b11-8+. The first kappa shape index (κ1) is 13.3. The van der Waals surface area contributed by atoms with Crippen LogP contribution in [-0.2, 0) is 4.79 Å². The molecule has 1 aromatic rings. The summed E-state index contributed by atoms with van der Waals surface area (Å²) in [4.78, 5) is 12.7. The molecule has 18 heavy (non-hydrogen) atoms. The van der Waals surface area contributed by atoms with Crippen molar-refractivity contribution in [1.82, 2.24) is 10.4 Å². The molecule has 1 fully saturated rings. The second-order valence-electron chi connectivity index (χ2n) is 3.94. The third-order valence-corrected chi connectivity index (χ3v) is 3.79. The quantitative estimate of drug-likeness (QED) is 0.680. The number of thioether (sulfide) groups is 1. The van der Waals surface area contributed by atoms with Gasteiger partial charge in [0.15, 0.2) is 4.32 Å². The Morgan fingerprint density at radius 2 is 2.06 bits per heavy atom. The molecule has 94 valence electrons. The molecule has 0 radical (unpaired) electrons. The molecule has 0 saturated carbocycles. The maximum absolute atomic E-state index is 12.1. The number of thiocarbonyl (C=S) groups is 1. The lowest BCUT2D eigenvalue weighted by atomic mass is 10.1. The summed E-state index contributed by atoms with van der Waals surface area (Å²) in [5.41, 5.74) is 5.16. The number of carbonyl (C=O) groups is 1. The molecule has 0 unspecified atom stereocenters. The van der Waals surface area contributed by atoms with E-state index in [4.69, 9.17) is 12.2 Å². The lowest BCUT2D eigenvalue weighted by Crippen LogP contribution is -2.40. The third-order valence-electron chi connectivity index (χ3n) is 2.49. The molecule has 0 aliphatic carbocycles. The van der Waals surface area contributed by atoms with E-state index >= 15 is 0 Å². The lowest BCUT2D eigenvalue weighted by Gasteiger charge is -2.13. The molecular formula is C13H14N2OS2. The van der Waals surface area contributed by atoms with Crippen molar-refractivity contribution >= 4 is 40.3 Å². The number of rotatable bonds is 3. The van der Waals surface area contributed by atoms with Gasteiger partial charge in [-0.15, -0.1) is 0 Å². The van der Waals surface area contributed by atoms with Crippen LogP contribution in [0.4, 0.5) is 0 Å². The molecular weight excluding hydrogens is 264 g/mol. The number of hydrogen-bond donors (Lipinski definition) is 1. The van der Waals surface area contributed by atoms with Gasteiger partial charge in [0.05, 0.1) is 4.91 Å². The minimum Gasteiger partial charge on any atom is -0.267 e. The number of hydrogen-bond acceptors (Lipinski definition) is 4. The molecule has 1 heterocycles. The van der Waals surface area contributed by atoms with E-state index in [1.54, 1.807) is 0 Å². The third kappa shape index (κ3) is 2.80. The molecule has 0 aromatic heterocycles. The van der Waals surface area contributed by atoms with E-state index in [1.165, 1.54) is 22.3 Å². The Morgan fingerprint density at radius 1 is 1.39 bits per heavy atom. The van der Waals surface area contributed by atoms with Crippen molar-refractivity contribution in [2.75, 3.05) is 6.54 Å². The fraction of sp³-hybridized carbons (Fsp3) is 0.231. The van der Waals surface area contributed by atoms with E-state index in [0.29, 0.717) is 15.8 Å². The van der Waals surface area contributed by atoms with Crippen molar-refractivity contribution in [2.45, 2.75) is 13.8 Å². The van der Waals surface area contributed by atoms with Crippen molar-refractivity contribution in [1.29, 1.82) is 0 Å². The van der Waals surface area contributed by atoms with Gasteiger partial charge in [-0.05, 0) is 18.6 Å². The Kier molecular flexibility index (Phi) is 4.16. The van der Waals surface area contributed by atoms with E-state index in [0.717, 1.165) is 5.56 Å². The summed E-state index contributed by atoms with van der Waals surface area (Å²) in [5.74, 6) is -0.0765. The van der Waals surface area contributed by atoms with Gasteiger partial charge in [-0.2, -0.15) is 0 Å². The zero-order valence-electron chi connectivity index (χ0n) is 10.3. The molecule has 0 atom stereocenters. The molecule has 0 bridgehead atoms. The van der Waals surface area contributed by atoms with Crippen LogP contribution in [0.3, 0.4) is 0 Å². The Morgan fingerprint density at radius 3 is 2.67 bits per heavy atom. The lowest BCUT2D eigenvalue weighted by molar-refractivity contribution is -0.124. The molecule has 3 nitrogen and oxygen atoms in total. The van der Waals surface area contributed by atoms with Crippen LogP contribution in [-0.4, -0.2) is 21.8 Å². The van der Waals surface area contributed by atoms with Gasteiger partial charge in [-0.25, -0.2) is 10.4 Å². The minimum absolute atomic E-state index is 0.0765. The minimum atomic E-state index is -0.0765. The average molecular weight is 278 g/mol. The van der Waals surface area contributed by atoms with Gasteiger partial charge in [0.2, 0.25) is 0 Å². The monoisotopic (exact) mass is 278 g/mol. The molecule has 5 heteroatoms. The maximum atomic E-state index is 12.1. The van der Waals surface area contributed by atoms with Crippen LogP contribution in [0.5, 0.6) is 0 Å². The Hall–Kier alpha value is -1.17. The first-order valence-electron chi connectivity index (χ1n) is 5.70. The van der Waals surface area contributed by atoms with Crippen LogP contribution >= 0.6 is 24.0 Å². The van der Waals surface area contributed by atoms with E-state index < -0.39 is 0 Å². The summed E-state index contributed by atoms with van der Waals surface area (Å²) in [6, 6.07) is 8.04. The molecule has 2 rings (SSSR count). The van der Waals surface area contributed by atoms with Gasteiger partial charge in [0.25, 0.3) is 5.91 Å². The molecule has 1 amide bonds. The predicted molar refractivity (Wildman–Crippen MR) is 79.9 cm³/mol. The largest absolute Gasteiger partial charge is 0.280 e. The van der Waals surface area contributed by atoms with Crippen LogP contribution in [0, 0.1) is 6.92 Å².